The predicted molar refractivity (Wildman–Crippen MR) is 82.8 cm³/mol. The summed E-state index contributed by atoms with van der Waals surface area (Å²) in [4.78, 5) is 0. The summed E-state index contributed by atoms with van der Waals surface area (Å²) in [5.74, 6) is 1.04. The molecule has 1 rings (SSSR count). The van der Waals surface area contributed by atoms with Gasteiger partial charge in [-0.15, -0.1) is 0 Å². The van der Waals surface area contributed by atoms with Crippen LogP contribution >= 0.6 is 0 Å². The van der Waals surface area contributed by atoms with Crippen LogP contribution in [0.5, 0.6) is 5.75 Å². The van der Waals surface area contributed by atoms with E-state index in [1.807, 2.05) is 27.7 Å². The minimum Gasteiger partial charge on any atom is -0.492 e. The normalized spacial score (nSPS) is 11.6. The highest BCUT2D eigenvalue weighted by Gasteiger charge is 2.09. The van der Waals surface area contributed by atoms with Crippen molar-refractivity contribution in [1.82, 2.24) is 4.72 Å². The van der Waals surface area contributed by atoms with Crippen molar-refractivity contribution < 1.29 is 13.2 Å². The Bertz CT molecular complexity index is 515. The standard InChI is InChI=1S/C15H25NO3S/c1-5-6-9-20(17,18)16-7-8-19-15-13(3)10-12(2)11-14(15)4/h10-11,16H,5-9H2,1-4H3. The van der Waals surface area contributed by atoms with Crippen molar-refractivity contribution in [2.75, 3.05) is 18.9 Å². The lowest BCUT2D eigenvalue weighted by Gasteiger charge is -2.13. The van der Waals surface area contributed by atoms with Gasteiger partial charge in [-0.05, 0) is 38.3 Å². The minimum absolute atomic E-state index is 0.187. The lowest BCUT2D eigenvalue weighted by atomic mass is 10.1. The molecule has 5 heteroatoms. The average molecular weight is 299 g/mol. The third-order valence-corrected chi connectivity index (χ3v) is 4.51. The number of sulfonamides is 1. The first-order valence-corrected chi connectivity index (χ1v) is 8.69. The number of unbranched alkanes of at least 4 members (excludes halogenated alkanes) is 1. The van der Waals surface area contributed by atoms with Gasteiger partial charge >= 0.3 is 0 Å². The Labute approximate surface area is 122 Å². The summed E-state index contributed by atoms with van der Waals surface area (Å²) in [7, 11) is -3.16. The monoisotopic (exact) mass is 299 g/mol. The molecule has 0 fully saturated rings. The summed E-state index contributed by atoms with van der Waals surface area (Å²) in [5.41, 5.74) is 3.36. The molecule has 114 valence electrons. The summed E-state index contributed by atoms with van der Waals surface area (Å²) < 4.78 is 31.5. The van der Waals surface area contributed by atoms with Crippen LogP contribution in [0.25, 0.3) is 0 Å². The van der Waals surface area contributed by atoms with Crippen molar-refractivity contribution in [2.45, 2.75) is 40.5 Å². The van der Waals surface area contributed by atoms with Crippen LogP contribution in [0, 0.1) is 20.8 Å². The van der Waals surface area contributed by atoms with E-state index < -0.39 is 10.0 Å². The molecule has 0 saturated carbocycles. The maximum atomic E-state index is 11.6. The average Bonchev–Trinajstić information content (AvgIpc) is 2.34. The van der Waals surface area contributed by atoms with E-state index in [-0.39, 0.29) is 5.75 Å². The van der Waals surface area contributed by atoms with Crippen molar-refractivity contribution in [3.8, 4) is 5.75 Å². The zero-order valence-electron chi connectivity index (χ0n) is 12.8. The van der Waals surface area contributed by atoms with Crippen molar-refractivity contribution in [2.24, 2.45) is 0 Å². The van der Waals surface area contributed by atoms with Crippen molar-refractivity contribution in [3.05, 3.63) is 28.8 Å². The Balaban J connectivity index is 2.46. The predicted octanol–water partition coefficient (Wildman–Crippen LogP) is 2.71. The number of aryl methyl sites for hydroxylation is 3. The molecule has 0 aliphatic heterocycles. The molecule has 0 atom stereocenters. The van der Waals surface area contributed by atoms with E-state index >= 15 is 0 Å². The van der Waals surface area contributed by atoms with Gasteiger partial charge in [0.1, 0.15) is 12.4 Å². The molecule has 0 amide bonds. The van der Waals surface area contributed by atoms with Gasteiger partial charge in [-0.1, -0.05) is 31.0 Å². The Morgan fingerprint density at radius 2 is 1.75 bits per heavy atom. The fourth-order valence-corrected chi connectivity index (χ4v) is 3.36. The van der Waals surface area contributed by atoms with Gasteiger partial charge in [0.05, 0.1) is 5.75 Å². The molecule has 0 heterocycles. The zero-order chi connectivity index (χ0) is 15.2. The number of rotatable bonds is 8. The van der Waals surface area contributed by atoms with Crippen LogP contribution in [-0.4, -0.2) is 27.3 Å². The molecule has 0 aromatic heterocycles. The van der Waals surface area contributed by atoms with Crippen LogP contribution in [-0.2, 0) is 10.0 Å². The van der Waals surface area contributed by atoms with Gasteiger partial charge in [0.2, 0.25) is 10.0 Å². The topological polar surface area (TPSA) is 55.4 Å². The van der Waals surface area contributed by atoms with E-state index in [0.717, 1.165) is 23.3 Å². The second kappa shape index (κ2) is 7.64. The molecule has 0 saturated heterocycles. The summed E-state index contributed by atoms with van der Waals surface area (Å²) in [6.07, 6.45) is 1.56. The highest BCUT2D eigenvalue weighted by molar-refractivity contribution is 7.89. The van der Waals surface area contributed by atoms with E-state index in [1.54, 1.807) is 0 Å². The van der Waals surface area contributed by atoms with Crippen LogP contribution < -0.4 is 9.46 Å². The first kappa shape index (κ1) is 17.0. The first-order valence-electron chi connectivity index (χ1n) is 7.03. The van der Waals surface area contributed by atoms with Crippen LogP contribution in [0.2, 0.25) is 0 Å². The van der Waals surface area contributed by atoms with E-state index in [9.17, 15) is 8.42 Å². The van der Waals surface area contributed by atoms with Gasteiger partial charge in [-0.3, -0.25) is 0 Å². The minimum atomic E-state index is -3.16. The van der Waals surface area contributed by atoms with Gasteiger partial charge in [0.25, 0.3) is 0 Å². The molecule has 0 radical (unpaired) electrons. The number of hydrogen-bond donors (Lipinski definition) is 1. The third-order valence-electron chi connectivity index (χ3n) is 3.04. The lowest BCUT2D eigenvalue weighted by Crippen LogP contribution is -2.30. The van der Waals surface area contributed by atoms with E-state index in [4.69, 9.17) is 4.74 Å². The number of ether oxygens (including phenoxy) is 1. The Morgan fingerprint density at radius 1 is 1.15 bits per heavy atom. The quantitative estimate of drug-likeness (QED) is 0.751. The van der Waals surface area contributed by atoms with Crippen molar-refractivity contribution >= 4 is 10.0 Å². The van der Waals surface area contributed by atoms with Gasteiger partial charge in [0, 0.05) is 6.54 Å². The lowest BCUT2D eigenvalue weighted by molar-refractivity contribution is 0.318. The first-order chi connectivity index (χ1) is 9.35. The van der Waals surface area contributed by atoms with Gasteiger partial charge in [-0.25, -0.2) is 13.1 Å². The molecule has 0 bridgehead atoms. The fraction of sp³-hybridized carbons (Fsp3) is 0.600. The molecule has 0 aliphatic rings. The molecule has 0 spiro atoms. The molecular weight excluding hydrogens is 274 g/mol. The Hall–Kier alpha value is -1.07. The highest BCUT2D eigenvalue weighted by atomic mass is 32.2. The number of nitrogens with one attached hydrogen (secondary N) is 1. The molecule has 20 heavy (non-hydrogen) atoms. The second-order valence-electron chi connectivity index (χ2n) is 5.14. The van der Waals surface area contributed by atoms with Gasteiger partial charge < -0.3 is 4.74 Å². The fourth-order valence-electron chi connectivity index (χ4n) is 2.15. The Morgan fingerprint density at radius 3 is 2.30 bits per heavy atom. The smallest absolute Gasteiger partial charge is 0.211 e. The van der Waals surface area contributed by atoms with E-state index in [1.165, 1.54) is 5.56 Å². The van der Waals surface area contributed by atoms with Gasteiger partial charge in [-0.2, -0.15) is 0 Å². The molecule has 1 aromatic carbocycles. The van der Waals surface area contributed by atoms with Crippen LogP contribution in [0.4, 0.5) is 0 Å². The highest BCUT2D eigenvalue weighted by Crippen LogP contribution is 2.24. The maximum Gasteiger partial charge on any atom is 0.211 e. The second-order valence-corrected chi connectivity index (χ2v) is 7.07. The van der Waals surface area contributed by atoms with Crippen LogP contribution in [0.3, 0.4) is 0 Å². The molecule has 1 aromatic rings. The molecular formula is C15H25NO3S. The maximum absolute atomic E-state index is 11.6. The summed E-state index contributed by atoms with van der Waals surface area (Å²) in [6.45, 7) is 8.67. The van der Waals surface area contributed by atoms with Crippen LogP contribution in [0.1, 0.15) is 36.5 Å². The SMILES string of the molecule is CCCCS(=O)(=O)NCCOc1c(C)cc(C)cc1C. The largest absolute Gasteiger partial charge is 0.492 e. The Kier molecular flexibility index (Phi) is 6.49. The van der Waals surface area contributed by atoms with E-state index in [0.29, 0.717) is 19.6 Å². The summed E-state index contributed by atoms with van der Waals surface area (Å²) in [5, 5.41) is 0. The van der Waals surface area contributed by atoms with Crippen molar-refractivity contribution in [1.29, 1.82) is 0 Å². The zero-order valence-corrected chi connectivity index (χ0v) is 13.6. The summed E-state index contributed by atoms with van der Waals surface area (Å²) in [6, 6.07) is 4.13. The third kappa shape index (κ3) is 5.51. The molecule has 0 unspecified atom stereocenters. The molecule has 4 nitrogen and oxygen atoms in total. The number of benzene rings is 1. The number of hydrogen-bond acceptors (Lipinski definition) is 3. The molecule has 1 N–H and O–H groups in total. The van der Waals surface area contributed by atoms with Crippen LogP contribution in [0.15, 0.2) is 12.1 Å². The van der Waals surface area contributed by atoms with E-state index in [2.05, 4.69) is 16.9 Å². The summed E-state index contributed by atoms with van der Waals surface area (Å²) >= 11 is 0. The van der Waals surface area contributed by atoms with Crippen molar-refractivity contribution in [3.63, 3.8) is 0 Å². The molecule has 0 aliphatic carbocycles. The van der Waals surface area contributed by atoms with Gasteiger partial charge in [0.15, 0.2) is 0 Å².